The zero-order valence-electron chi connectivity index (χ0n) is 12.0. The van der Waals surface area contributed by atoms with Crippen molar-refractivity contribution in [1.29, 1.82) is 0 Å². The molecule has 0 atom stereocenters. The van der Waals surface area contributed by atoms with Crippen LogP contribution in [-0.2, 0) is 5.54 Å². The lowest BCUT2D eigenvalue weighted by Crippen LogP contribution is -2.39. The molecule has 2 N–H and O–H groups in total. The summed E-state index contributed by atoms with van der Waals surface area (Å²) in [6.45, 7) is 0. The average Bonchev–Trinajstić information content (AvgIpc) is 2.46. The van der Waals surface area contributed by atoms with Crippen LogP contribution in [-0.4, -0.2) is 20.5 Å². The minimum absolute atomic E-state index is 0.212. The second-order valence-electron chi connectivity index (χ2n) is 5.12. The van der Waals surface area contributed by atoms with Gasteiger partial charge in [-0.25, -0.2) is 0 Å². The van der Waals surface area contributed by atoms with Gasteiger partial charge in [0, 0.05) is 10.4 Å². The third kappa shape index (κ3) is 2.84. The van der Waals surface area contributed by atoms with Gasteiger partial charge in [0.25, 0.3) is 0 Å². The molecule has 0 aliphatic heterocycles. The Balaban J connectivity index is 2.48. The summed E-state index contributed by atoms with van der Waals surface area (Å²) in [5.74, 6) is 1.54. The Morgan fingerprint density at radius 2 is 1.63 bits per heavy atom. The molecule has 2 rings (SSSR count). The van der Waals surface area contributed by atoms with E-state index in [0.29, 0.717) is 0 Å². The van der Waals surface area contributed by atoms with Gasteiger partial charge in [-0.15, -0.1) is 11.8 Å². The van der Waals surface area contributed by atoms with Crippen LogP contribution in [0.5, 0.6) is 11.5 Å². The Labute approximate surface area is 119 Å². The Bertz CT molecular complexity index is 442. The molecule has 0 spiro atoms. The third-order valence-corrected chi connectivity index (χ3v) is 4.77. The van der Waals surface area contributed by atoms with Gasteiger partial charge in [0.15, 0.2) is 11.5 Å². The number of thioether (sulfide) groups is 1. The van der Waals surface area contributed by atoms with Crippen molar-refractivity contribution in [2.24, 2.45) is 5.73 Å². The molecule has 0 unspecified atom stereocenters. The molecule has 1 aromatic carbocycles. The van der Waals surface area contributed by atoms with Crippen LogP contribution in [0.4, 0.5) is 0 Å². The van der Waals surface area contributed by atoms with Crippen LogP contribution in [0.2, 0.25) is 0 Å². The third-order valence-electron chi connectivity index (χ3n) is 3.99. The number of hydrogen-bond donors (Lipinski definition) is 1. The zero-order valence-corrected chi connectivity index (χ0v) is 12.8. The number of nitrogens with two attached hydrogens (primary N) is 1. The van der Waals surface area contributed by atoms with Gasteiger partial charge in [-0.05, 0) is 36.8 Å². The van der Waals surface area contributed by atoms with Crippen LogP contribution in [0.3, 0.4) is 0 Å². The van der Waals surface area contributed by atoms with Crippen LogP contribution in [0.25, 0.3) is 0 Å². The molecule has 0 saturated heterocycles. The second kappa shape index (κ2) is 6.06. The lowest BCUT2D eigenvalue weighted by atomic mass is 9.77. The van der Waals surface area contributed by atoms with E-state index in [0.717, 1.165) is 24.3 Å². The van der Waals surface area contributed by atoms with E-state index in [1.54, 1.807) is 26.0 Å². The fourth-order valence-corrected chi connectivity index (χ4v) is 3.58. The maximum absolute atomic E-state index is 6.66. The molecule has 1 saturated carbocycles. The summed E-state index contributed by atoms with van der Waals surface area (Å²) in [5, 5.41) is 0. The second-order valence-corrected chi connectivity index (χ2v) is 5.97. The smallest absolute Gasteiger partial charge is 0.161 e. The number of ether oxygens (including phenoxy) is 2. The maximum atomic E-state index is 6.66. The Hall–Kier alpha value is -0.870. The Kier molecular flexibility index (Phi) is 4.63. The monoisotopic (exact) mass is 281 g/mol. The molecule has 0 bridgehead atoms. The van der Waals surface area contributed by atoms with Gasteiger partial charge < -0.3 is 15.2 Å². The van der Waals surface area contributed by atoms with Crippen molar-refractivity contribution in [2.45, 2.75) is 42.5 Å². The van der Waals surface area contributed by atoms with Crippen LogP contribution in [0, 0.1) is 0 Å². The first-order valence-electron chi connectivity index (χ1n) is 6.74. The van der Waals surface area contributed by atoms with E-state index in [9.17, 15) is 0 Å². The molecule has 4 heteroatoms. The number of hydrogen-bond acceptors (Lipinski definition) is 4. The highest BCUT2D eigenvalue weighted by Gasteiger charge is 2.32. The van der Waals surface area contributed by atoms with Crippen LogP contribution < -0.4 is 15.2 Å². The van der Waals surface area contributed by atoms with Crippen molar-refractivity contribution in [1.82, 2.24) is 0 Å². The van der Waals surface area contributed by atoms with E-state index in [1.807, 2.05) is 6.07 Å². The van der Waals surface area contributed by atoms with Gasteiger partial charge in [0.1, 0.15) is 0 Å². The van der Waals surface area contributed by atoms with Gasteiger partial charge in [0.2, 0.25) is 0 Å². The lowest BCUT2D eigenvalue weighted by molar-refractivity contribution is 0.294. The highest BCUT2D eigenvalue weighted by molar-refractivity contribution is 7.98. The summed E-state index contributed by atoms with van der Waals surface area (Å²) in [6.07, 6.45) is 7.89. The predicted octanol–water partition coefficient (Wildman–Crippen LogP) is 3.54. The summed E-state index contributed by atoms with van der Waals surface area (Å²) in [6, 6.07) is 4.11. The van der Waals surface area contributed by atoms with Crippen LogP contribution in [0.15, 0.2) is 17.0 Å². The normalized spacial score (nSPS) is 18.1. The predicted molar refractivity (Wildman–Crippen MR) is 80.3 cm³/mol. The molecule has 0 aromatic heterocycles. The number of benzene rings is 1. The van der Waals surface area contributed by atoms with Gasteiger partial charge in [0.05, 0.1) is 14.2 Å². The van der Waals surface area contributed by atoms with E-state index >= 15 is 0 Å². The van der Waals surface area contributed by atoms with Gasteiger partial charge in [-0.3, -0.25) is 0 Å². The van der Waals surface area contributed by atoms with Crippen molar-refractivity contribution in [3.05, 3.63) is 17.7 Å². The fourth-order valence-electron chi connectivity index (χ4n) is 2.87. The van der Waals surface area contributed by atoms with Crippen molar-refractivity contribution in [3.63, 3.8) is 0 Å². The van der Waals surface area contributed by atoms with E-state index in [2.05, 4.69) is 12.3 Å². The summed E-state index contributed by atoms with van der Waals surface area (Å²) >= 11 is 1.72. The fraction of sp³-hybridized carbons (Fsp3) is 0.600. The molecule has 0 radical (unpaired) electrons. The summed E-state index contributed by atoms with van der Waals surface area (Å²) in [7, 11) is 3.34. The molecule has 3 nitrogen and oxygen atoms in total. The summed E-state index contributed by atoms with van der Waals surface area (Å²) in [4.78, 5) is 1.20. The van der Waals surface area contributed by atoms with Crippen molar-refractivity contribution >= 4 is 11.8 Å². The molecule has 106 valence electrons. The first kappa shape index (κ1) is 14.5. The largest absolute Gasteiger partial charge is 0.493 e. The van der Waals surface area contributed by atoms with Crippen LogP contribution in [0.1, 0.15) is 37.7 Å². The topological polar surface area (TPSA) is 44.5 Å². The lowest BCUT2D eigenvalue weighted by Gasteiger charge is -2.35. The van der Waals surface area contributed by atoms with E-state index in [-0.39, 0.29) is 5.54 Å². The quantitative estimate of drug-likeness (QED) is 0.857. The Morgan fingerprint density at radius 1 is 1.05 bits per heavy atom. The zero-order chi connectivity index (χ0) is 13.9. The SMILES string of the molecule is COc1cc(SC)c(C2(N)CCCCC2)cc1OC. The number of methoxy groups -OCH3 is 2. The maximum Gasteiger partial charge on any atom is 0.161 e. The minimum Gasteiger partial charge on any atom is -0.493 e. The molecule has 0 amide bonds. The highest BCUT2D eigenvalue weighted by atomic mass is 32.2. The van der Waals surface area contributed by atoms with Crippen molar-refractivity contribution in [2.75, 3.05) is 20.5 Å². The average molecular weight is 281 g/mol. The molecule has 0 heterocycles. The Morgan fingerprint density at radius 3 is 2.16 bits per heavy atom. The molecular weight excluding hydrogens is 258 g/mol. The molecule has 19 heavy (non-hydrogen) atoms. The van der Waals surface area contributed by atoms with Gasteiger partial charge in [-0.2, -0.15) is 0 Å². The van der Waals surface area contributed by atoms with Crippen LogP contribution >= 0.6 is 11.8 Å². The first-order valence-corrected chi connectivity index (χ1v) is 7.96. The summed E-state index contributed by atoms with van der Waals surface area (Å²) < 4.78 is 10.8. The first-order chi connectivity index (χ1) is 9.14. The standard InChI is InChI=1S/C15H23NO2S/c1-17-12-9-11(14(19-3)10-13(12)18-2)15(16)7-5-4-6-8-15/h9-10H,4-8,16H2,1-3H3. The van der Waals surface area contributed by atoms with Crippen molar-refractivity contribution in [3.8, 4) is 11.5 Å². The minimum atomic E-state index is -0.212. The highest BCUT2D eigenvalue weighted by Crippen LogP contribution is 2.43. The van der Waals surface area contributed by atoms with E-state index < -0.39 is 0 Å². The van der Waals surface area contributed by atoms with E-state index in [4.69, 9.17) is 15.2 Å². The van der Waals surface area contributed by atoms with Gasteiger partial charge >= 0.3 is 0 Å². The van der Waals surface area contributed by atoms with Crippen molar-refractivity contribution < 1.29 is 9.47 Å². The summed E-state index contributed by atoms with van der Waals surface area (Å²) in [5.41, 5.74) is 7.66. The number of rotatable bonds is 4. The molecule has 1 fully saturated rings. The molecular formula is C15H23NO2S. The van der Waals surface area contributed by atoms with E-state index in [1.165, 1.54) is 29.7 Å². The molecule has 1 aliphatic carbocycles. The van der Waals surface area contributed by atoms with Gasteiger partial charge in [-0.1, -0.05) is 19.3 Å². The molecule has 1 aliphatic rings. The molecule has 1 aromatic rings.